The second-order valence-electron chi connectivity index (χ2n) is 5.05. The molecule has 2 rings (SSSR count). The van der Waals surface area contributed by atoms with Crippen molar-refractivity contribution in [3.63, 3.8) is 0 Å². The summed E-state index contributed by atoms with van der Waals surface area (Å²) in [4.78, 5) is 12.3. The van der Waals surface area contributed by atoms with Crippen molar-refractivity contribution >= 4 is 5.78 Å². The van der Waals surface area contributed by atoms with Gasteiger partial charge >= 0.3 is 0 Å². The number of ketones is 1. The molecule has 1 aliphatic heterocycles. The second-order valence-corrected chi connectivity index (χ2v) is 5.05. The Balaban J connectivity index is 1.97. The van der Waals surface area contributed by atoms with Crippen LogP contribution in [-0.4, -0.2) is 19.0 Å². The Bertz CT molecular complexity index is 375. The number of carbonyl (C=O) groups is 1. The highest BCUT2D eigenvalue weighted by molar-refractivity contribution is 5.97. The van der Waals surface area contributed by atoms with Gasteiger partial charge in [0.2, 0.25) is 0 Å². The number of ether oxygens (including phenoxy) is 1. The third kappa shape index (κ3) is 3.42. The molecule has 98 valence electrons. The van der Waals surface area contributed by atoms with Crippen molar-refractivity contribution < 1.29 is 9.53 Å². The van der Waals surface area contributed by atoms with E-state index in [0.717, 1.165) is 38.0 Å². The van der Waals surface area contributed by atoms with Crippen LogP contribution in [-0.2, 0) is 11.2 Å². The Kier molecular flexibility index (Phi) is 4.94. The van der Waals surface area contributed by atoms with Gasteiger partial charge in [-0.25, -0.2) is 0 Å². The van der Waals surface area contributed by atoms with Crippen molar-refractivity contribution in [2.75, 3.05) is 13.2 Å². The second kappa shape index (κ2) is 6.69. The molecule has 0 N–H and O–H groups in total. The lowest BCUT2D eigenvalue weighted by atomic mass is 9.90. The monoisotopic (exact) mass is 246 g/mol. The van der Waals surface area contributed by atoms with Gasteiger partial charge in [0.15, 0.2) is 5.78 Å². The molecule has 0 amide bonds. The van der Waals surface area contributed by atoms with Gasteiger partial charge in [0.05, 0.1) is 0 Å². The van der Waals surface area contributed by atoms with E-state index < -0.39 is 0 Å². The summed E-state index contributed by atoms with van der Waals surface area (Å²) >= 11 is 0. The fraction of sp³-hybridized carbons (Fsp3) is 0.562. The first-order chi connectivity index (χ1) is 8.81. The number of rotatable bonds is 5. The van der Waals surface area contributed by atoms with Crippen LogP contribution in [0.5, 0.6) is 0 Å². The maximum Gasteiger partial charge on any atom is 0.166 e. The van der Waals surface area contributed by atoms with E-state index in [4.69, 9.17) is 4.74 Å². The molecule has 0 aromatic heterocycles. The topological polar surface area (TPSA) is 26.3 Å². The van der Waals surface area contributed by atoms with Crippen LogP contribution < -0.4 is 0 Å². The van der Waals surface area contributed by atoms with Gasteiger partial charge in [-0.2, -0.15) is 0 Å². The Hall–Kier alpha value is -1.15. The lowest BCUT2D eigenvalue weighted by Gasteiger charge is -2.20. The van der Waals surface area contributed by atoms with Crippen molar-refractivity contribution in [1.82, 2.24) is 0 Å². The SMILES string of the molecule is CCCCc1ccc(C(=O)C2CCOCC2)cc1. The number of benzene rings is 1. The van der Waals surface area contributed by atoms with Crippen molar-refractivity contribution in [3.05, 3.63) is 35.4 Å². The van der Waals surface area contributed by atoms with Gasteiger partial charge in [0.25, 0.3) is 0 Å². The summed E-state index contributed by atoms with van der Waals surface area (Å²) in [6.07, 6.45) is 5.28. The minimum absolute atomic E-state index is 0.167. The van der Waals surface area contributed by atoms with Gasteiger partial charge in [-0.1, -0.05) is 37.6 Å². The lowest BCUT2D eigenvalue weighted by molar-refractivity contribution is 0.0545. The molecular formula is C16H22O2. The van der Waals surface area contributed by atoms with Crippen molar-refractivity contribution in [3.8, 4) is 0 Å². The molecule has 18 heavy (non-hydrogen) atoms. The summed E-state index contributed by atoms with van der Waals surface area (Å²) in [6, 6.07) is 8.18. The van der Waals surface area contributed by atoms with Gasteiger partial charge in [-0.05, 0) is 31.2 Å². The zero-order valence-corrected chi connectivity index (χ0v) is 11.2. The Morgan fingerprint density at radius 3 is 2.50 bits per heavy atom. The molecule has 0 bridgehead atoms. The van der Waals surface area contributed by atoms with E-state index in [0.29, 0.717) is 5.78 Å². The van der Waals surface area contributed by atoms with E-state index in [1.165, 1.54) is 18.4 Å². The maximum absolute atomic E-state index is 12.3. The quantitative estimate of drug-likeness (QED) is 0.741. The summed E-state index contributed by atoms with van der Waals surface area (Å²) in [5.74, 6) is 0.459. The van der Waals surface area contributed by atoms with Crippen LogP contribution in [0.15, 0.2) is 24.3 Å². The Morgan fingerprint density at radius 1 is 1.22 bits per heavy atom. The largest absolute Gasteiger partial charge is 0.381 e. The van der Waals surface area contributed by atoms with Crippen LogP contribution in [0.25, 0.3) is 0 Å². The molecule has 1 heterocycles. The number of carbonyl (C=O) groups excluding carboxylic acids is 1. The number of Topliss-reactive ketones (excluding diaryl/α,β-unsaturated/α-hetero) is 1. The molecule has 0 spiro atoms. The van der Waals surface area contributed by atoms with Crippen molar-refractivity contribution in [1.29, 1.82) is 0 Å². The van der Waals surface area contributed by atoms with Gasteiger partial charge in [-0.15, -0.1) is 0 Å². The van der Waals surface area contributed by atoms with Gasteiger partial charge < -0.3 is 4.74 Å². The average molecular weight is 246 g/mol. The summed E-state index contributed by atoms with van der Waals surface area (Å²) in [5.41, 5.74) is 2.20. The smallest absolute Gasteiger partial charge is 0.166 e. The molecule has 0 aliphatic carbocycles. The molecule has 0 radical (unpaired) electrons. The number of hydrogen-bond donors (Lipinski definition) is 0. The number of unbranched alkanes of at least 4 members (excludes halogenated alkanes) is 1. The Labute approximate surface area is 109 Å². The lowest BCUT2D eigenvalue weighted by Crippen LogP contribution is -2.23. The third-order valence-electron chi connectivity index (χ3n) is 3.65. The van der Waals surface area contributed by atoms with Crippen LogP contribution in [0, 0.1) is 5.92 Å². The number of aryl methyl sites for hydroxylation is 1. The molecule has 2 nitrogen and oxygen atoms in total. The molecule has 1 saturated heterocycles. The highest BCUT2D eigenvalue weighted by Gasteiger charge is 2.22. The van der Waals surface area contributed by atoms with E-state index in [9.17, 15) is 4.79 Å². The van der Waals surface area contributed by atoms with E-state index >= 15 is 0 Å². The molecule has 0 unspecified atom stereocenters. The first-order valence-corrected chi connectivity index (χ1v) is 7.02. The first-order valence-electron chi connectivity index (χ1n) is 7.02. The fourth-order valence-electron chi connectivity index (χ4n) is 2.41. The zero-order valence-electron chi connectivity index (χ0n) is 11.2. The molecule has 0 atom stereocenters. The molecule has 1 aliphatic rings. The van der Waals surface area contributed by atoms with Crippen LogP contribution >= 0.6 is 0 Å². The zero-order chi connectivity index (χ0) is 12.8. The summed E-state index contributed by atoms with van der Waals surface area (Å²) in [6.45, 7) is 3.65. The Morgan fingerprint density at radius 2 is 1.89 bits per heavy atom. The van der Waals surface area contributed by atoms with E-state index in [2.05, 4.69) is 19.1 Å². The number of hydrogen-bond acceptors (Lipinski definition) is 2. The predicted octanol–water partition coefficient (Wildman–Crippen LogP) is 3.64. The van der Waals surface area contributed by atoms with Crippen LogP contribution in [0.1, 0.15) is 48.5 Å². The predicted molar refractivity (Wildman–Crippen MR) is 72.9 cm³/mol. The molecule has 2 heteroatoms. The highest BCUT2D eigenvalue weighted by atomic mass is 16.5. The van der Waals surface area contributed by atoms with Crippen molar-refractivity contribution in [2.45, 2.75) is 39.0 Å². The molecule has 0 saturated carbocycles. The maximum atomic E-state index is 12.3. The third-order valence-corrected chi connectivity index (χ3v) is 3.65. The van der Waals surface area contributed by atoms with Gasteiger partial charge in [0, 0.05) is 24.7 Å². The molecule has 1 fully saturated rings. The minimum atomic E-state index is 0.167. The first kappa shape index (κ1) is 13.3. The van der Waals surface area contributed by atoms with Crippen molar-refractivity contribution in [2.24, 2.45) is 5.92 Å². The van der Waals surface area contributed by atoms with Crippen LogP contribution in [0.2, 0.25) is 0 Å². The van der Waals surface area contributed by atoms with E-state index in [-0.39, 0.29) is 5.92 Å². The molecule has 1 aromatic carbocycles. The summed E-state index contributed by atoms with van der Waals surface area (Å²) < 4.78 is 5.30. The van der Waals surface area contributed by atoms with E-state index in [1.54, 1.807) is 0 Å². The van der Waals surface area contributed by atoms with Gasteiger partial charge in [0.1, 0.15) is 0 Å². The fourth-order valence-corrected chi connectivity index (χ4v) is 2.41. The summed E-state index contributed by atoms with van der Waals surface area (Å²) in [5, 5.41) is 0. The summed E-state index contributed by atoms with van der Waals surface area (Å²) in [7, 11) is 0. The highest BCUT2D eigenvalue weighted by Crippen LogP contribution is 2.20. The standard InChI is InChI=1S/C16H22O2/c1-2-3-4-13-5-7-14(8-6-13)16(17)15-9-11-18-12-10-15/h5-8,15H,2-4,9-12H2,1H3. The van der Waals surface area contributed by atoms with Crippen LogP contribution in [0.3, 0.4) is 0 Å². The minimum Gasteiger partial charge on any atom is -0.381 e. The average Bonchev–Trinajstić information content (AvgIpc) is 2.46. The normalized spacial score (nSPS) is 16.7. The van der Waals surface area contributed by atoms with E-state index in [1.807, 2.05) is 12.1 Å². The van der Waals surface area contributed by atoms with Gasteiger partial charge in [-0.3, -0.25) is 4.79 Å². The molecular weight excluding hydrogens is 224 g/mol. The molecule has 1 aromatic rings. The van der Waals surface area contributed by atoms with Crippen LogP contribution in [0.4, 0.5) is 0 Å².